The molecule has 1 aromatic rings. The highest BCUT2D eigenvalue weighted by atomic mass is 79.9. The van der Waals surface area contributed by atoms with Crippen LogP contribution in [0.2, 0.25) is 0 Å². The molecule has 114 valence electrons. The number of aliphatic hydroxyl groups is 1. The Labute approximate surface area is 121 Å². The zero-order chi connectivity index (χ0) is 15.3. The Bertz CT molecular complexity index is 505. The second kappa shape index (κ2) is 7.07. The first-order valence-electron chi connectivity index (χ1n) is 6.01. The van der Waals surface area contributed by atoms with Crippen LogP contribution in [0.25, 0.3) is 0 Å². The molecule has 2 N–H and O–H groups in total. The number of unbranched alkanes of at least 4 members (excludes halogenated alkanes) is 1. The predicted molar refractivity (Wildman–Crippen MR) is 71.7 cm³/mol. The van der Waals surface area contributed by atoms with Crippen molar-refractivity contribution in [3.63, 3.8) is 0 Å². The molecule has 0 aliphatic rings. The molecule has 20 heavy (non-hydrogen) atoms. The van der Waals surface area contributed by atoms with Gasteiger partial charge in [-0.15, -0.1) is 0 Å². The zero-order valence-corrected chi connectivity index (χ0v) is 12.3. The van der Waals surface area contributed by atoms with E-state index >= 15 is 0 Å². The minimum absolute atomic E-state index is 0.0953. The summed E-state index contributed by atoms with van der Waals surface area (Å²) in [6.45, 7) is 1.66. The summed E-state index contributed by atoms with van der Waals surface area (Å²) in [7, 11) is 0. The third kappa shape index (κ3) is 4.48. The first kappa shape index (κ1) is 17.0. The van der Waals surface area contributed by atoms with Crippen LogP contribution in [-0.4, -0.2) is 33.7 Å². The molecule has 5 nitrogen and oxygen atoms in total. The first-order chi connectivity index (χ1) is 9.27. The molecular weight excluding hydrogens is 343 g/mol. The average Bonchev–Trinajstić information content (AvgIpc) is 2.38. The molecule has 0 aliphatic heterocycles. The van der Waals surface area contributed by atoms with Crippen LogP contribution in [0.4, 0.5) is 18.9 Å². The van der Waals surface area contributed by atoms with E-state index in [4.69, 9.17) is 5.11 Å². The molecule has 0 radical (unpaired) electrons. The van der Waals surface area contributed by atoms with Gasteiger partial charge < -0.3 is 10.4 Å². The molecule has 0 saturated carbocycles. The van der Waals surface area contributed by atoms with E-state index in [0.717, 1.165) is 12.8 Å². The maximum Gasteiger partial charge on any atom is 0.416 e. The zero-order valence-electron chi connectivity index (χ0n) is 10.7. The topological polar surface area (TPSA) is 67.2 Å². The highest BCUT2D eigenvalue weighted by Crippen LogP contribution is 2.22. The summed E-state index contributed by atoms with van der Waals surface area (Å²) in [5, 5.41) is 15.1. The predicted octanol–water partition coefficient (Wildman–Crippen LogP) is 2.14. The maximum atomic E-state index is 12.2. The van der Waals surface area contributed by atoms with Crippen LogP contribution in [0.3, 0.4) is 0 Å². The lowest BCUT2D eigenvalue weighted by Gasteiger charge is -2.16. The quantitative estimate of drug-likeness (QED) is 0.818. The number of rotatable bonds is 6. The number of nitrogens with zero attached hydrogens (tertiary/aromatic N) is 2. The van der Waals surface area contributed by atoms with Crippen molar-refractivity contribution in [1.29, 1.82) is 0 Å². The second-order valence-electron chi connectivity index (χ2n) is 4.19. The number of alkyl halides is 3. The lowest BCUT2D eigenvalue weighted by Crippen LogP contribution is -2.35. The number of nitrogens with one attached hydrogen (secondary N) is 1. The van der Waals surface area contributed by atoms with Crippen molar-refractivity contribution in [2.45, 2.75) is 38.6 Å². The lowest BCUT2D eigenvalue weighted by atomic mass is 10.3. The minimum atomic E-state index is -4.71. The highest BCUT2D eigenvalue weighted by molar-refractivity contribution is 9.10. The number of hydrogen-bond acceptors (Lipinski definition) is 4. The fourth-order valence-corrected chi connectivity index (χ4v) is 1.83. The van der Waals surface area contributed by atoms with Crippen LogP contribution in [0, 0.1) is 0 Å². The van der Waals surface area contributed by atoms with Gasteiger partial charge in [-0.25, -0.2) is 4.68 Å². The Kier molecular flexibility index (Phi) is 6.00. The molecule has 0 spiro atoms. The molecule has 1 atom stereocenters. The van der Waals surface area contributed by atoms with Gasteiger partial charge in [0.05, 0.1) is 11.9 Å². The molecule has 0 bridgehead atoms. The Morgan fingerprint density at radius 2 is 2.20 bits per heavy atom. The molecule has 0 aromatic carbocycles. The summed E-state index contributed by atoms with van der Waals surface area (Å²) in [5.41, 5.74) is -0.309. The SMILES string of the molecule is CCCCn1ncc(NCC(O)C(F)(F)F)c(Br)c1=O. The lowest BCUT2D eigenvalue weighted by molar-refractivity contribution is -0.198. The second-order valence-corrected chi connectivity index (χ2v) is 4.99. The summed E-state index contributed by atoms with van der Waals surface area (Å²) >= 11 is 3.02. The number of anilines is 1. The molecule has 0 fully saturated rings. The summed E-state index contributed by atoms with van der Waals surface area (Å²) in [6.07, 6.45) is -4.28. The normalized spacial score (nSPS) is 13.3. The number of hydrogen-bond donors (Lipinski definition) is 2. The molecular formula is C11H15BrF3N3O2. The first-order valence-corrected chi connectivity index (χ1v) is 6.81. The largest absolute Gasteiger partial charge is 0.416 e. The van der Waals surface area contributed by atoms with Crippen LogP contribution in [0.1, 0.15) is 19.8 Å². The fraction of sp³-hybridized carbons (Fsp3) is 0.636. The number of halogens is 4. The van der Waals surface area contributed by atoms with E-state index in [-0.39, 0.29) is 10.2 Å². The third-order valence-electron chi connectivity index (χ3n) is 2.57. The summed E-state index contributed by atoms with van der Waals surface area (Å²) < 4.78 is 37.8. The van der Waals surface area contributed by atoms with Crippen LogP contribution >= 0.6 is 15.9 Å². The Hall–Kier alpha value is -1.09. The van der Waals surface area contributed by atoms with Gasteiger partial charge in [0.15, 0.2) is 6.10 Å². The van der Waals surface area contributed by atoms with Gasteiger partial charge in [-0.1, -0.05) is 13.3 Å². The fourth-order valence-electron chi connectivity index (χ4n) is 1.38. The van der Waals surface area contributed by atoms with Gasteiger partial charge in [-0.05, 0) is 22.4 Å². The van der Waals surface area contributed by atoms with Crippen molar-refractivity contribution >= 4 is 21.6 Å². The van der Waals surface area contributed by atoms with Crippen molar-refractivity contribution in [3.8, 4) is 0 Å². The number of aliphatic hydroxyl groups excluding tert-OH is 1. The molecule has 0 saturated heterocycles. The van der Waals surface area contributed by atoms with Crippen LogP contribution < -0.4 is 10.9 Å². The van der Waals surface area contributed by atoms with Gasteiger partial charge in [0.1, 0.15) is 4.47 Å². The van der Waals surface area contributed by atoms with Crippen molar-refractivity contribution < 1.29 is 18.3 Å². The third-order valence-corrected chi connectivity index (χ3v) is 3.34. The molecule has 1 unspecified atom stereocenters. The van der Waals surface area contributed by atoms with E-state index in [1.165, 1.54) is 10.9 Å². The van der Waals surface area contributed by atoms with Gasteiger partial charge in [-0.3, -0.25) is 4.79 Å². The van der Waals surface area contributed by atoms with Crippen LogP contribution in [-0.2, 0) is 6.54 Å². The molecule has 0 amide bonds. The summed E-state index contributed by atoms with van der Waals surface area (Å²) in [6, 6.07) is 0. The van der Waals surface area contributed by atoms with Crippen LogP contribution in [0.5, 0.6) is 0 Å². The van der Waals surface area contributed by atoms with E-state index in [9.17, 15) is 18.0 Å². The van der Waals surface area contributed by atoms with E-state index in [0.29, 0.717) is 6.54 Å². The van der Waals surface area contributed by atoms with Crippen molar-refractivity contribution in [3.05, 3.63) is 21.0 Å². The Morgan fingerprint density at radius 1 is 1.55 bits per heavy atom. The number of aromatic nitrogens is 2. The Balaban J connectivity index is 2.78. The van der Waals surface area contributed by atoms with E-state index in [2.05, 4.69) is 26.3 Å². The van der Waals surface area contributed by atoms with Gasteiger partial charge in [0, 0.05) is 13.1 Å². The van der Waals surface area contributed by atoms with E-state index < -0.39 is 24.4 Å². The van der Waals surface area contributed by atoms with Gasteiger partial charge in [-0.2, -0.15) is 18.3 Å². The highest BCUT2D eigenvalue weighted by Gasteiger charge is 2.37. The molecule has 0 aliphatic carbocycles. The van der Waals surface area contributed by atoms with E-state index in [1.807, 2.05) is 6.92 Å². The van der Waals surface area contributed by atoms with Crippen LogP contribution in [0.15, 0.2) is 15.5 Å². The van der Waals surface area contributed by atoms with Gasteiger partial charge in [0.25, 0.3) is 5.56 Å². The monoisotopic (exact) mass is 357 g/mol. The number of aryl methyl sites for hydroxylation is 1. The van der Waals surface area contributed by atoms with Crippen molar-refractivity contribution in [2.75, 3.05) is 11.9 Å². The summed E-state index contributed by atoms with van der Waals surface area (Å²) in [4.78, 5) is 11.9. The van der Waals surface area contributed by atoms with Gasteiger partial charge in [0.2, 0.25) is 0 Å². The standard InChI is InChI=1S/C11H15BrF3N3O2/c1-2-3-4-18-10(20)9(12)7(5-17-18)16-6-8(19)11(13,14)15/h5,8,16,19H,2-4,6H2,1H3. The average molecular weight is 358 g/mol. The molecule has 1 aromatic heterocycles. The maximum absolute atomic E-state index is 12.2. The van der Waals surface area contributed by atoms with Gasteiger partial charge >= 0.3 is 6.18 Å². The molecule has 1 heterocycles. The Morgan fingerprint density at radius 3 is 2.75 bits per heavy atom. The molecule has 9 heteroatoms. The minimum Gasteiger partial charge on any atom is -0.382 e. The van der Waals surface area contributed by atoms with Crippen molar-refractivity contribution in [1.82, 2.24) is 9.78 Å². The smallest absolute Gasteiger partial charge is 0.382 e. The summed E-state index contributed by atoms with van der Waals surface area (Å²) in [5.74, 6) is 0. The van der Waals surface area contributed by atoms with Crippen molar-refractivity contribution in [2.24, 2.45) is 0 Å². The molecule has 1 rings (SSSR count). The van der Waals surface area contributed by atoms with E-state index in [1.54, 1.807) is 0 Å².